The zero-order valence-corrected chi connectivity index (χ0v) is 19.1. The zero-order chi connectivity index (χ0) is 22.8. The molecular formula is C24H32N4O4. The minimum absolute atomic E-state index is 0.0685. The van der Waals surface area contributed by atoms with Gasteiger partial charge < -0.3 is 24.8 Å². The third-order valence-corrected chi connectivity index (χ3v) is 6.77. The van der Waals surface area contributed by atoms with Crippen molar-refractivity contribution < 1.29 is 9.53 Å². The summed E-state index contributed by atoms with van der Waals surface area (Å²) in [4.78, 5) is 42.7. The Morgan fingerprint density at radius 2 is 1.66 bits per heavy atom. The third-order valence-electron chi connectivity index (χ3n) is 6.77. The first-order valence-corrected chi connectivity index (χ1v) is 11.5. The number of nitrogens with zero attached hydrogens (tertiary/aromatic N) is 3. The summed E-state index contributed by atoms with van der Waals surface area (Å²) in [6, 6.07) is 6.41. The molecule has 2 saturated heterocycles. The summed E-state index contributed by atoms with van der Waals surface area (Å²) in [6.45, 7) is 10.6. The number of carbonyl (C=O) groups is 1. The van der Waals surface area contributed by atoms with Crippen LogP contribution in [0.2, 0.25) is 0 Å². The normalized spacial score (nSPS) is 17.7. The number of rotatable bonds is 5. The maximum atomic E-state index is 12.4. The molecule has 1 amide bonds. The summed E-state index contributed by atoms with van der Waals surface area (Å²) >= 11 is 0. The van der Waals surface area contributed by atoms with Crippen molar-refractivity contribution in [2.75, 3.05) is 61.0 Å². The zero-order valence-electron chi connectivity index (χ0n) is 19.1. The van der Waals surface area contributed by atoms with Crippen molar-refractivity contribution in [2.24, 2.45) is 0 Å². The number of ether oxygens (including phenoxy) is 1. The van der Waals surface area contributed by atoms with E-state index in [1.165, 1.54) is 16.8 Å². The Morgan fingerprint density at radius 3 is 2.31 bits per heavy atom. The molecule has 0 aromatic heterocycles. The van der Waals surface area contributed by atoms with Crippen LogP contribution in [0.15, 0.2) is 27.8 Å². The van der Waals surface area contributed by atoms with Gasteiger partial charge in [0.25, 0.3) is 10.9 Å². The molecule has 0 bridgehead atoms. The van der Waals surface area contributed by atoms with E-state index in [9.17, 15) is 14.4 Å². The van der Waals surface area contributed by atoms with Gasteiger partial charge in [0.15, 0.2) is 0 Å². The average molecular weight is 441 g/mol. The van der Waals surface area contributed by atoms with E-state index in [0.717, 1.165) is 25.9 Å². The molecular weight excluding hydrogens is 408 g/mol. The first-order chi connectivity index (χ1) is 15.4. The number of likely N-dealkylation sites (tertiary alicyclic amines) is 1. The van der Waals surface area contributed by atoms with Gasteiger partial charge in [0.1, 0.15) is 11.4 Å². The molecule has 2 aliphatic rings. The molecule has 0 radical (unpaired) electrons. The smallest absolute Gasteiger partial charge is 0.409 e. The van der Waals surface area contributed by atoms with Crippen molar-refractivity contribution in [3.8, 4) is 0 Å². The summed E-state index contributed by atoms with van der Waals surface area (Å²) in [6.07, 6.45) is 1.15. The number of piperidine rings is 1. The predicted octanol–water partition coefficient (Wildman–Crippen LogP) is 2.26. The fourth-order valence-corrected chi connectivity index (χ4v) is 4.69. The lowest BCUT2D eigenvalue weighted by Crippen LogP contribution is -2.52. The Bertz CT molecular complexity index is 1040. The van der Waals surface area contributed by atoms with E-state index in [1.807, 2.05) is 4.90 Å². The summed E-state index contributed by atoms with van der Waals surface area (Å²) in [5.41, 5.74) is 3.95. The second-order valence-corrected chi connectivity index (χ2v) is 8.68. The first kappa shape index (κ1) is 22.2. The summed E-state index contributed by atoms with van der Waals surface area (Å²) in [5, 5.41) is 3.31. The van der Waals surface area contributed by atoms with E-state index in [2.05, 4.69) is 42.3 Å². The summed E-state index contributed by atoms with van der Waals surface area (Å²) in [5.74, 6) is 0. The second kappa shape index (κ2) is 9.22. The number of amides is 1. The van der Waals surface area contributed by atoms with E-state index in [-0.39, 0.29) is 12.1 Å². The van der Waals surface area contributed by atoms with E-state index in [0.29, 0.717) is 44.2 Å². The lowest BCUT2D eigenvalue weighted by atomic mass is 10.0. The first-order valence-electron chi connectivity index (χ1n) is 11.5. The number of benzene rings is 1. The SMILES string of the molecule is CCOC(=O)N1CCC(Nc2c(N3CCN(c4cccc(C)c4C)CC3)c(=O)c2=O)CC1. The molecule has 0 atom stereocenters. The number of hydrogen-bond donors (Lipinski definition) is 1. The van der Waals surface area contributed by atoms with E-state index in [1.54, 1.807) is 11.8 Å². The summed E-state index contributed by atoms with van der Waals surface area (Å²) in [7, 11) is 0. The van der Waals surface area contributed by atoms with Gasteiger partial charge in [-0.1, -0.05) is 12.1 Å². The topological polar surface area (TPSA) is 82.2 Å². The van der Waals surface area contributed by atoms with Crippen LogP contribution in [0.1, 0.15) is 30.9 Å². The minimum Gasteiger partial charge on any atom is -0.450 e. The van der Waals surface area contributed by atoms with E-state index < -0.39 is 10.9 Å². The van der Waals surface area contributed by atoms with Gasteiger partial charge in [-0.2, -0.15) is 0 Å². The Balaban J connectivity index is 1.37. The van der Waals surface area contributed by atoms with Gasteiger partial charge in [-0.05, 0) is 50.8 Å². The predicted molar refractivity (Wildman–Crippen MR) is 127 cm³/mol. The van der Waals surface area contributed by atoms with Crippen LogP contribution in [0.3, 0.4) is 0 Å². The number of carbonyl (C=O) groups excluding carboxylic acids is 1. The highest BCUT2D eigenvalue weighted by Gasteiger charge is 2.31. The highest BCUT2D eigenvalue weighted by molar-refractivity contribution is 5.76. The highest BCUT2D eigenvalue weighted by Crippen LogP contribution is 2.28. The van der Waals surface area contributed by atoms with Crippen molar-refractivity contribution in [2.45, 2.75) is 39.7 Å². The van der Waals surface area contributed by atoms with Crippen LogP contribution < -0.4 is 26.0 Å². The molecule has 0 spiro atoms. The van der Waals surface area contributed by atoms with Crippen LogP contribution in [-0.2, 0) is 4.74 Å². The number of anilines is 3. The van der Waals surface area contributed by atoms with Crippen LogP contribution in [0.25, 0.3) is 0 Å². The number of piperazine rings is 1. The van der Waals surface area contributed by atoms with Gasteiger partial charge in [-0.15, -0.1) is 0 Å². The lowest BCUT2D eigenvalue weighted by molar-refractivity contribution is 0.0983. The molecule has 4 rings (SSSR count). The molecule has 32 heavy (non-hydrogen) atoms. The lowest BCUT2D eigenvalue weighted by Gasteiger charge is -2.39. The number of aryl methyl sites for hydroxylation is 1. The van der Waals surface area contributed by atoms with Gasteiger partial charge in [0, 0.05) is 51.0 Å². The quantitative estimate of drug-likeness (QED) is 0.714. The molecule has 8 nitrogen and oxygen atoms in total. The van der Waals surface area contributed by atoms with E-state index >= 15 is 0 Å². The Morgan fingerprint density at radius 1 is 1.00 bits per heavy atom. The van der Waals surface area contributed by atoms with Gasteiger partial charge in [0.2, 0.25) is 0 Å². The monoisotopic (exact) mass is 440 g/mol. The van der Waals surface area contributed by atoms with Gasteiger partial charge in [0.05, 0.1) is 6.61 Å². The molecule has 2 fully saturated rings. The fraction of sp³-hybridized carbons (Fsp3) is 0.542. The Kier molecular flexibility index (Phi) is 6.39. The number of nitrogens with one attached hydrogen (secondary N) is 1. The van der Waals surface area contributed by atoms with Crippen molar-refractivity contribution in [3.05, 3.63) is 49.8 Å². The van der Waals surface area contributed by atoms with Crippen molar-refractivity contribution >= 4 is 23.2 Å². The Labute approximate surface area is 188 Å². The average Bonchev–Trinajstić information content (AvgIpc) is 2.81. The molecule has 0 unspecified atom stereocenters. The summed E-state index contributed by atoms with van der Waals surface area (Å²) < 4.78 is 5.06. The van der Waals surface area contributed by atoms with Gasteiger partial charge >= 0.3 is 6.09 Å². The van der Waals surface area contributed by atoms with Gasteiger partial charge in [-0.3, -0.25) is 9.59 Å². The molecule has 2 aliphatic heterocycles. The standard InChI is InChI=1S/C24H32N4O4/c1-4-32-24(31)28-10-8-18(9-11-28)25-20-21(23(30)22(20)29)27-14-12-26(13-15-27)19-7-5-6-16(2)17(19)3/h5-7,18,25H,4,8-15H2,1-3H3. The van der Waals surface area contributed by atoms with Crippen molar-refractivity contribution in [3.63, 3.8) is 0 Å². The molecule has 2 aromatic carbocycles. The molecule has 0 saturated carbocycles. The van der Waals surface area contributed by atoms with Crippen molar-refractivity contribution in [1.82, 2.24) is 4.90 Å². The fourth-order valence-electron chi connectivity index (χ4n) is 4.69. The molecule has 8 heteroatoms. The molecule has 2 aromatic rings. The van der Waals surface area contributed by atoms with Gasteiger partial charge in [-0.25, -0.2) is 4.79 Å². The van der Waals surface area contributed by atoms with Crippen LogP contribution >= 0.6 is 0 Å². The number of hydrogen-bond acceptors (Lipinski definition) is 7. The van der Waals surface area contributed by atoms with Crippen molar-refractivity contribution in [1.29, 1.82) is 0 Å². The molecule has 1 N–H and O–H groups in total. The van der Waals surface area contributed by atoms with Crippen LogP contribution in [0, 0.1) is 13.8 Å². The molecule has 2 heterocycles. The third kappa shape index (κ3) is 4.18. The largest absolute Gasteiger partial charge is 0.450 e. The Hall–Kier alpha value is -3.03. The van der Waals surface area contributed by atoms with E-state index in [4.69, 9.17) is 4.74 Å². The molecule has 172 valence electrons. The maximum absolute atomic E-state index is 12.4. The second-order valence-electron chi connectivity index (χ2n) is 8.68. The highest BCUT2D eigenvalue weighted by atomic mass is 16.6. The maximum Gasteiger partial charge on any atom is 0.409 e. The van der Waals surface area contributed by atoms with Crippen LogP contribution in [0.5, 0.6) is 0 Å². The minimum atomic E-state index is -0.426. The van der Waals surface area contributed by atoms with Crippen LogP contribution in [-0.4, -0.2) is 62.9 Å². The van der Waals surface area contributed by atoms with Crippen LogP contribution in [0.4, 0.5) is 21.9 Å². The molecule has 0 aliphatic carbocycles.